The lowest BCUT2D eigenvalue weighted by Gasteiger charge is -1.98. The van der Waals surface area contributed by atoms with Gasteiger partial charge in [0.05, 0.1) is 7.11 Å². The maximum absolute atomic E-state index is 5.04. The zero-order valence-corrected chi connectivity index (χ0v) is 7.59. The van der Waals surface area contributed by atoms with Crippen LogP contribution in [0.5, 0.6) is 0 Å². The molecule has 0 heterocycles. The number of aliphatic imine (C=N–C) groups is 1. The van der Waals surface area contributed by atoms with E-state index in [1.807, 2.05) is 26.0 Å². The lowest BCUT2D eigenvalue weighted by molar-refractivity contribution is 0.306. The van der Waals surface area contributed by atoms with Crippen LogP contribution in [0.1, 0.15) is 13.8 Å². The molecular formula is C9H15NO. The van der Waals surface area contributed by atoms with Gasteiger partial charge in [-0.2, -0.15) is 0 Å². The maximum atomic E-state index is 5.04. The monoisotopic (exact) mass is 153 g/mol. The molecule has 0 aliphatic rings. The van der Waals surface area contributed by atoms with Crippen LogP contribution in [0.15, 0.2) is 28.5 Å². The largest absolute Gasteiger partial charge is 0.497 e. The second-order valence-corrected chi connectivity index (χ2v) is 2.17. The van der Waals surface area contributed by atoms with Crippen molar-refractivity contribution in [3.8, 4) is 0 Å². The molecule has 62 valence electrons. The van der Waals surface area contributed by atoms with E-state index < -0.39 is 0 Å². The summed E-state index contributed by atoms with van der Waals surface area (Å²) in [4.78, 5) is 3.88. The second-order valence-electron chi connectivity index (χ2n) is 2.17. The summed E-state index contributed by atoms with van der Waals surface area (Å²) >= 11 is 0. The zero-order valence-electron chi connectivity index (χ0n) is 7.59. The number of hydrogen-bond acceptors (Lipinski definition) is 2. The fourth-order valence-corrected chi connectivity index (χ4v) is 0.725. The first-order chi connectivity index (χ1) is 5.24. The molecule has 0 aromatic rings. The van der Waals surface area contributed by atoms with Gasteiger partial charge in [-0.1, -0.05) is 0 Å². The first-order valence-electron chi connectivity index (χ1n) is 3.55. The molecule has 2 nitrogen and oxygen atoms in total. The van der Waals surface area contributed by atoms with E-state index in [1.165, 1.54) is 0 Å². The molecule has 11 heavy (non-hydrogen) atoms. The number of hydrogen-bond donors (Lipinski definition) is 0. The standard InChI is InChI=1S/C9H15NO/c1-5-9(11-4)6-8(2)7-10-3/h5-7H,1-4H3/b8-6-,9-5+,10-7?. The highest BCUT2D eigenvalue weighted by molar-refractivity contribution is 5.78. The third-order valence-corrected chi connectivity index (χ3v) is 1.22. The Morgan fingerprint density at radius 2 is 2.09 bits per heavy atom. The van der Waals surface area contributed by atoms with Gasteiger partial charge in [0.25, 0.3) is 0 Å². The Bertz CT molecular complexity index is 190. The highest BCUT2D eigenvalue weighted by atomic mass is 16.5. The van der Waals surface area contributed by atoms with Crippen molar-refractivity contribution in [3.63, 3.8) is 0 Å². The van der Waals surface area contributed by atoms with E-state index in [9.17, 15) is 0 Å². The Hall–Kier alpha value is -1.05. The predicted molar refractivity (Wildman–Crippen MR) is 48.9 cm³/mol. The molecule has 0 N–H and O–H groups in total. The van der Waals surface area contributed by atoms with E-state index in [2.05, 4.69) is 4.99 Å². The Balaban J connectivity index is 4.27. The molecule has 0 saturated carbocycles. The summed E-state index contributed by atoms with van der Waals surface area (Å²) in [7, 11) is 3.40. The van der Waals surface area contributed by atoms with Crippen molar-refractivity contribution < 1.29 is 4.74 Å². The number of methoxy groups -OCH3 is 1. The highest BCUT2D eigenvalue weighted by Crippen LogP contribution is 2.00. The molecule has 2 heteroatoms. The summed E-state index contributed by atoms with van der Waals surface area (Å²) in [5, 5.41) is 0. The number of ether oxygens (including phenoxy) is 1. The number of allylic oxidation sites excluding steroid dienone is 3. The molecule has 0 aromatic carbocycles. The van der Waals surface area contributed by atoms with Crippen LogP contribution in [0.3, 0.4) is 0 Å². The van der Waals surface area contributed by atoms with Gasteiger partial charge in [0, 0.05) is 13.3 Å². The quantitative estimate of drug-likeness (QED) is 0.346. The van der Waals surface area contributed by atoms with Crippen LogP contribution >= 0.6 is 0 Å². The van der Waals surface area contributed by atoms with Gasteiger partial charge in [-0.15, -0.1) is 0 Å². The van der Waals surface area contributed by atoms with Gasteiger partial charge < -0.3 is 4.74 Å². The smallest absolute Gasteiger partial charge is 0.114 e. The minimum absolute atomic E-state index is 0.863. The van der Waals surface area contributed by atoms with Crippen molar-refractivity contribution in [3.05, 3.63) is 23.5 Å². The molecule has 0 aliphatic carbocycles. The van der Waals surface area contributed by atoms with Crippen molar-refractivity contribution in [2.45, 2.75) is 13.8 Å². The van der Waals surface area contributed by atoms with Crippen molar-refractivity contribution in [2.24, 2.45) is 4.99 Å². The van der Waals surface area contributed by atoms with E-state index in [4.69, 9.17) is 4.74 Å². The third-order valence-electron chi connectivity index (χ3n) is 1.22. The minimum atomic E-state index is 0.863. The van der Waals surface area contributed by atoms with Gasteiger partial charge in [0.15, 0.2) is 0 Å². The van der Waals surface area contributed by atoms with Crippen molar-refractivity contribution in [2.75, 3.05) is 14.2 Å². The number of rotatable bonds is 3. The SMILES string of the molecule is C/C=C(\C=C(\C)C=NC)OC. The first kappa shape index (κ1) is 9.95. The fourth-order valence-electron chi connectivity index (χ4n) is 0.725. The molecule has 0 atom stereocenters. The van der Waals surface area contributed by atoms with E-state index in [1.54, 1.807) is 20.4 Å². The third kappa shape index (κ3) is 4.37. The molecule has 0 spiro atoms. The van der Waals surface area contributed by atoms with E-state index in [-0.39, 0.29) is 0 Å². The zero-order chi connectivity index (χ0) is 8.69. The minimum Gasteiger partial charge on any atom is -0.497 e. The molecule has 0 amide bonds. The second kappa shape index (κ2) is 5.71. The van der Waals surface area contributed by atoms with Gasteiger partial charge in [-0.3, -0.25) is 4.99 Å². The topological polar surface area (TPSA) is 21.6 Å². The van der Waals surface area contributed by atoms with Gasteiger partial charge in [0.1, 0.15) is 5.76 Å². The van der Waals surface area contributed by atoms with Gasteiger partial charge in [-0.25, -0.2) is 0 Å². The van der Waals surface area contributed by atoms with Crippen molar-refractivity contribution in [1.29, 1.82) is 0 Å². The summed E-state index contributed by atoms with van der Waals surface area (Å²) in [6, 6.07) is 0. The lowest BCUT2D eigenvalue weighted by atomic mass is 10.3. The summed E-state index contributed by atoms with van der Waals surface area (Å²) in [6.45, 7) is 3.92. The molecule has 0 aromatic heterocycles. The van der Waals surface area contributed by atoms with Crippen LogP contribution in [-0.2, 0) is 4.74 Å². The average molecular weight is 153 g/mol. The Morgan fingerprint density at radius 3 is 2.45 bits per heavy atom. The van der Waals surface area contributed by atoms with Gasteiger partial charge in [0.2, 0.25) is 0 Å². The molecule has 0 unspecified atom stereocenters. The van der Waals surface area contributed by atoms with Gasteiger partial charge >= 0.3 is 0 Å². The van der Waals surface area contributed by atoms with Gasteiger partial charge in [-0.05, 0) is 31.6 Å². The average Bonchev–Trinajstić information content (AvgIpc) is 2.01. The molecule has 0 saturated heterocycles. The maximum Gasteiger partial charge on any atom is 0.114 e. The summed E-state index contributed by atoms with van der Waals surface area (Å²) in [5.41, 5.74) is 1.09. The van der Waals surface area contributed by atoms with Crippen molar-refractivity contribution in [1.82, 2.24) is 0 Å². The molecular weight excluding hydrogens is 138 g/mol. The van der Waals surface area contributed by atoms with Crippen LogP contribution in [0.2, 0.25) is 0 Å². The fraction of sp³-hybridized carbons (Fsp3) is 0.444. The van der Waals surface area contributed by atoms with Crippen LogP contribution in [0, 0.1) is 0 Å². The Labute approximate surface area is 68.3 Å². The Morgan fingerprint density at radius 1 is 1.45 bits per heavy atom. The molecule has 0 fully saturated rings. The molecule has 0 bridgehead atoms. The van der Waals surface area contributed by atoms with Crippen LogP contribution in [-0.4, -0.2) is 20.4 Å². The highest BCUT2D eigenvalue weighted by Gasteiger charge is 1.87. The Kier molecular flexibility index (Phi) is 5.17. The van der Waals surface area contributed by atoms with E-state index >= 15 is 0 Å². The summed E-state index contributed by atoms with van der Waals surface area (Å²) in [5.74, 6) is 0.863. The summed E-state index contributed by atoms with van der Waals surface area (Å²) in [6.07, 6.45) is 5.64. The number of nitrogens with zero attached hydrogens (tertiary/aromatic N) is 1. The first-order valence-corrected chi connectivity index (χ1v) is 3.55. The van der Waals surface area contributed by atoms with Crippen LogP contribution in [0.25, 0.3) is 0 Å². The summed E-state index contributed by atoms with van der Waals surface area (Å²) < 4.78 is 5.04. The molecule has 0 rings (SSSR count). The van der Waals surface area contributed by atoms with Crippen LogP contribution < -0.4 is 0 Å². The molecule has 0 aliphatic heterocycles. The molecule has 0 radical (unpaired) electrons. The predicted octanol–water partition coefficient (Wildman–Crippen LogP) is 2.18. The van der Waals surface area contributed by atoms with Crippen molar-refractivity contribution >= 4 is 6.21 Å². The van der Waals surface area contributed by atoms with Crippen LogP contribution in [0.4, 0.5) is 0 Å². The normalized spacial score (nSPS) is 14.2. The van der Waals surface area contributed by atoms with E-state index in [0.29, 0.717) is 0 Å². The lowest BCUT2D eigenvalue weighted by Crippen LogP contribution is -1.84. The van der Waals surface area contributed by atoms with E-state index in [0.717, 1.165) is 11.3 Å².